The Bertz CT molecular complexity index is 2030. The molecule has 1 aromatic heterocycles. The summed E-state index contributed by atoms with van der Waals surface area (Å²) in [6.45, 7) is 9.68. The number of carbonyl (C=O) groups is 1. The van der Waals surface area contributed by atoms with Crippen LogP contribution < -0.4 is 0 Å². The Morgan fingerprint density at radius 1 is 0.966 bits per heavy atom. The second kappa shape index (κ2) is 13.8. The Balaban J connectivity index is 1.09. The Morgan fingerprint density at radius 3 is 2.64 bits per heavy atom. The molecular weight excluding hydrogens is 761 g/mol. The number of aliphatic hydroxyl groups excluding tert-OH is 2. The lowest BCUT2D eigenvalue weighted by molar-refractivity contribution is -0.159. The van der Waals surface area contributed by atoms with Crippen molar-refractivity contribution >= 4 is 27.4 Å². The Labute approximate surface area is 353 Å². The van der Waals surface area contributed by atoms with Crippen molar-refractivity contribution in [3.8, 4) is 12.0 Å². The number of aliphatic hydroxyl groups is 3. The molecule has 2 aliphatic heterocycles. The number of imidazole rings is 1. The van der Waals surface area contributed by atoms with E-state index in [2.05, 4.69) is 55.5 Å². The van der Waals surface area contributed by atoms with Crippen LogP contribution in [-0.4, -0.2) is 66.1 Å². The van der Waals surface area contributed by atoms with Crippen molar-refractivity contribution in [3.63, 3.8) is 0 Å². The first-order chi connectivity index (χ1) is 27.8. The van der Waals surface area contributed by atoms with Gasteiger partial charge < -0.3 is 24.6 Å². The smallest absolute Gasteiger partial charge is 0.159 e. The van der Waals surface area contributed by atoms with Crippen molar-refractivity contribution in [3.05, 3.63) is 52.7 Å². The number of carbonyl (C=O) groups excluding carboxylic acids is 1. The van der Waals surface area contributed by atoms with Crippen LogP contribution in [0.1, 0.15) is 124 Å². The van der Waals surface area contributed by atoms with Crippen LogP contribution in [0.5, 0.6) is 0 Å². The van der Waals surface area contributed by atoms with Gasteiger partial charge in [-0.2, -0.15) is 0 Å². The maximum Gasteiger partial charge on any atom is 0.159 e. The highest BCUT2D eigenvalue weighted by Gasteiger charge is 2.72. The standard InChI is InChI=1S/C49H64N2O5S2/c1-46(2)22-30(51-15-14-50-26-51)25-58-57-24-29-19-36(48(4)13-12-35-37(49(29,48)55)20-39(52)38-21-40(53)41(54)23-47(35,38)3)34-18-28-8-5-9-32-31-11-10-27-7-6-16-56-45(34)43(42(28)32)44(46)33(31)17-27/h14-15,20,26-31,34-36,38,40-41,43,45,53-55H,5,7-13,17-19,21-25H2,1-4H3/t27-,28-,29-,30+,31-,34-,35-,36+,38-,40+,41-,43+,45-,47+,48+,49+/m0/s1. The third-order valence-corrected chi connectivity index (χ3v) is 21.5. The van der Waals surface area contributed by atoms with Crippen LogP contribution in [-0.2, 0) is 9.53 Å². The van der Waals surface area contributed by atoms with Gasteiger partial charge in [0.25, 0.3) is 0 Å². The first-order valence-corrected chi connectivity index (χ1v) is 25.5. The molecule has 16 atom stereocenters. The molecule has 0 unspecified atom stereocenters. The van der Waals surface area contributed by atoms with Crippen LogP contribution in [0.25, 0.3) is 0 Å². The topological polar surface area (TPSA) is 105 Å². The molecule has 0 spiro atoms. The molecule has 8 aliphatic carbocycles. The van der Waals surface area contributed by atoms with E-state index < -0.39 is 28.6 Å². The molecule has 3 N–H and O–H groups in total. The fraction of sp³-hybridized carbons (Fsp3) is 0.755. The minimum absolute atomic E-state index is 0.00809. The molecule has 1 aromatic rings. The van der Waals surface area contributed by atoms with Gasteiger partial charge in [-0.05, 0) is 130 Å². The molecule has 3 heterocycles. The number of hydrogen-bond donors (Lipinski definition) is 3. The molecule has 0 radical (unpaired) electrons. The van der Waals surface area contributed by atoms with E-state index in [4.69, 9.17) is 4.74 Å². The van der Waals surface area contributed by atoms with E-state index in [0.717, 1.165) is 62.0 Å². The van der Waals surface area contributed by atoms with Gasteiger partial charge >= 0.3 is 0 Å². The molecule has 6 fully saturated rings. The van der Waals surface area contributed by atoms with Crippen molar-refractivity contribution in [2.45, 2.75) is 148 Å². The number of ether oxygens (including phenoxy) is 1. The highest BCUT2D eigenvalue weighted by atomic mass is 33.1. The van der Waals surface area contributed by atoms with E-state index >= 15 is 0 Å². The summed E-state index contributed by atoms with van der Waals surface area (Å²) in [5.74, 6) is 7.31. The fourth-order valence-corrected chi connectivity index (χ4v) is 19.2. The third kappa shape index (κ3) is 5.45. The van der Waals surface area contributed by atoms with Crippen LogP contribution >= 0.6 is 21.6 Å². The van der Waals surface area contributed by atoms with Crippen molar-refractivity contribution < 1.29 is 24.9 Å². The van der Waals surface area contributed by atoms with Gasteiger partial charge in [0.15, 0.2) is 5.78 Å². The molecule has 10 aliphatic rings. The normalized spacial score (nSPS) is 49.1. The summed E-state index contributed by atoms with van der Waals surface area (Å²) in [6, 6.07) is 0.264. The van der Waals surface area contributed by atoms with Crippen molar-refractivity contribution in [1.82, 2.24) is 9.55 Å². The Morgan fingerprint density at radius 2 is 1.81 bits per heavy atom. The zero-order chi connectivity index (χ0) is 39.9. The molecule has 0 amide bonds. The molecule has 312 valence electrons. The summed E-state index contributed by atoms with van der Waals surface area (Å²) in [5.41, 5.74) is 5.68. The van der Waals surface area contributed by atoms with Crippen LogP contribution in [0.15, 0.2) is 52.7 Å². The van der Waals surface area contributed by atoms with Crippen LogP contribution in [0.4, 0.5) is 0 Å². The number of hydrogen-bond acceptors (Lipinski definition) is 8. The average Bonchev–Trinajstić information content (AvgIpc) is 3.81. The summed E-state index contributed by atoms with van der Waals surface area (Å²) in [5, 5.41) is 35.9. The molecule has 5 saturated carbocycles. The van der Waals surface area contributed by atoms with Gasteiger partial charge in [0, 0.05) is 71.4 Å². The van der Waals surface area contributed by atoms with Crippen LogP contribution in [0.2, 0.25) is 0 Å². The van der Waals surface area contributed by atoms with E-state index in [-0.39, 0.29) is 58.9 Å². The molecule has 9 heteroatoms. The first-order valence-electron chi connectivity index (χ1n) is 23.0. The SMILES string of the molecule is CC1(C)C[C@@H](n2ccnc2)CSSC[C@@H]2C[C@H]([C@@H]3C[C@@H]4CCCC5=C4[C@@H]4C1=C1C[C@@H](CC#CO[C@H]43)CC[C@@H]51)[C@@]1(C)CC[C@H]3C(=CC(=O)[C@@H]4C[C@@H](O)[C@@H](O)C[C@@]43C)[C@]21O. The largest absolute Gasteiger partial charge is 0.442 e. The van der Waals surface area contributed by atoms with E-state index in [1.807, 2.05) is 40.2 Å². The fourth-order valence-electron chi connectivity index (χ4n) is 16.5. The summed E-state index contributed by atoms with van der Waals surface area (Å²) in [7, 11) is 3.87. The number of aromatic nitrogens is 2. The van der Waals surface area contributed by atoms with Gasteiger partial charge in [-0.1, -0.05) is 77.5 Å². The van der Waals surface area contributed by atoms with Crippen molar-refractivity contribution in [2.24, 2.45) is 69.5 Å². The van der Waals surface area contributed by atoms with Gasteiger partial charge in [-0.25, -0.2) is 4.98 Å². The lowest BCUT2D eigenvalue weighted by Gasteiger charge is -2.62. The van der Waals surface area contributed by atoms with E-state index in [9.17, 15) is 20.1 Å². The van der Waals surface area contributed by atoms with Crippen molar-refractivity contribution in [1.29, 1.82) is 0 Å². The zero-order valence-corrected chi connectivity index (χ0v) is 36.6. The lowest BCUT2D eigenvalue weighted by atomic mass is 9.44. The number of allylic oxidation sites excluding steroid dienone is 3. The minimum atomic E-state index is -1.16. The average molecular weight is 825 g/mol. The van der Waals surface area contributed by atoms with Gasteiger partial charge in [0.2, 0.25) is 0 Å². The molecule has 1 saturated heterocycles. The Kier molecular flexibility index (Phi) is 9.24. The number of ketones is 1. The predicted molar refractivity (Wildman–Crippen MR) is 229 cm³/mol. The quantitative estimate of drug-likeness (QED) is 0.147. The summed E-state index contributed by atoms with van der Waals surface area (Å²) < 4.78 is 9.57. The maximum atomic E-state index is 14.3. The second-order valence-electron chi connectivity index (χ2n) is 21.9. The number of rotatable bonds is 1. The van der Waals surface area contributed by atoms with Crippen LogP contribution in [0.3, 0.4) is 0 Å². The summed E-state index contributed by atoms with van der Waals surface area (Å²) >= 11 is 0. The highest BCUT2D eigenvalue weighted by Crippen LogP contribution is 2.73. The first kappa shape index (κ1) is 38.9. The van der Waals surface area contributed by atoms with Gasteiger partial charge in [0.1, 0.15) is 12.2 Å². The molecule has 0 aromatic carbocycles. The lowest BCUT2D eigenvalue weighted by Crippen LogP contribution is -2.63. The van der Waals surface area contributed by atoms with Crippen LogP contribution in [0, 0.1) is 81.5 Å². The number of fused-ring (bicyclic) bond motifs is 12. The molecule has 11 rings (SSSR count). The molecule has 7 nitrogen and oxygen atoms in total. The zero-order valence-electron chi connectivity index (χ0n) is 35.0. The van der Waals surface area contributed by atoms with Gasteiger partial charge in [0.05, 0.1) is 24.1 Å². The predicted octanol–water partition coefficient (Wildman–Crippen LogP) is 8.88. The summed E-state index contributed by atoms with van der Waals surface area (Å²) in [4.78, 5) is 18.9. The van der Waals surface area contributed by atoms with Gasteiger partial charge in [-0.15, -0.1) is 0 Å². The molecular formula is C49H64N2O5S2. The monoisotopic (exact) mass is 824 g/mol. The van der Waals surface area contributed by atoms with E-state index in [0.29, 0.717) is 30.6 Å². The maximum absolute atomic E-state index is 14.3. The van der Waals surface area contributed by atoms with Crippen molar-refractivity contribution in [2.75, 3.05) is 11.5 Å². The summed E-state index contributed by atoms with van der Waals surface area (Å²) in [6.07, 6.45) is 23.3. The second-order valence-corrected chi connectivity index (χ2v) is 24.5. The molecule has 8 bridgehead atoms. The minimum Gasteiger partial charge on any atom is -0.442 e. The van der Waals surface area contributed by atoms with E-state index in [1.54, 1.807) is 22.3 Å². The van der Waals surface area contributed by atoms with E-state index in [1.165, 1.54) is 32.1 Å². The molecule has 58 heavy (non-hydrogen) atoms. The van der Waals surface area contributed by atoms with Gasteiger partial charge in [-0.3, -0.25) is 4.79 Å². The Hall–Kier alpha value is -1.96. The highest BCUT2D eigenvalue weighted by molar-refractivity contribution is 8.76. The number of nitrogens with zero attached hydrogens (tertiary/aromatic N) is 2. The third-order valence-electron chi connectivity index (χ3n) is 18.9.